The highest BCUT2D eigenvalue weighted by Crippen LogP contribution is 2.25. The van der Waals surface area contributed by atoms with Crippen LogP contribution in [0.2, 0.25) is 0 Å². The van der Waals surface area contributed by atoms with Crippen LogP contribution >= 0.6 is 10.7 Å². The van der Waals surface area contributed by atoms with Gasteiger partial charge in [0, 0.05) is 35.5 Å². The monoisotopic (exact) mass is 335 g/mol. The number of amides is 1. The van der Waals surface area contributed by atoms with E-state index < -0.39 is 20.8 Å². The van der Waals surface area contributed by atoms with Crippen LogP contribution in [0.1, 0.15) is 22.3 Å². The second kappa shape index (κ2) is 5.90. The zero-order valence-electron chi connectivity index (χ0n) is 11.6. The molecule has 1 aliphatic heterocycles. The third-order valence-corrected chi connectivity index (χ3v) is 5.03. The van der Waals surface area contributed by atoms with E-state index in [2.05, 4.69) is 0 Å². The molecule has 0 radical (unpaired) electrons. The van der Waals surface area contributed by atoms with E-state index in [-0.39, 0.29) is 22.1 Å². The standard InChI is InChI=1S/C13H15ClFNO4S/c1-8-11(15)5-9(6-12(8)21(14,18)19)13(17)16(2)10-3-4-20-7-10/h5-6,10H,3-4,7H2,1-2H3. The Labute approximate surface area is 127 Å². The first-order valence-electron chi connectivity index (χ1n) is 6.31. The number of rotatable bonds is 3. The largest absolute Gasteiger partial charge is 0.379 e. The third-order valence-electron chi connectivity index (χ3n) is 3.58. The lowest BCUT2D eigenvalue weighted by Crippen LogP contribution is -2.37. The Hall–Kier alpha value is -1.18. The average Bonchev–Trinajstić information content (AvgIpc) is 2.92. The van der Waals surface area contributed by atoms with Crippen molar-refractivity contribution in [3.8, 4) is 0 Å². The molecule has 0 bridgehead atoms. The molecule has 1 saturated heterocycles. The van der Waals surface area contributed by atoms with Gasteiger partial charge in [-0.3, -0.25) is 4.79 Å². The molecule has 116 valence electrons. The molecule has 1 aromatic rings. The van der Waals surface area contributed by atoms with E-state index in [1.807, 2.05) is 0 Å². The number of halogens is 2. The topological polar surface area (TPSA) is 63.7 Å². The molecule has 5 nitrogen and oxygen atoms in total. The van der Waals surface area contributed by atoms with E-state index in [0.29, 0.717) is 19.6 Å². The highest BCUT2D eigenvalue weighted by atomic mass is 35.7. The Morgan fingerprint density at radius 2 is 2.14 bits per heavy atom. The molecule has 1 aliphatic rings. The minimum Gasteiger partial charge on any atom is -0.379 e. The molecule has 21 heavy (non-hydrogen) atoms. The van der Waals surface area contributed by atoms with E-state index in [4.69, 9.17) is 15.4 Å². The van der Waals surface area contributed by atoms with Crippen LogP contribution in [-0.2, 0) is 13.8 Å². The van der Waals surface area contributed by atoms with Gasteiger partial charge < -0.3 is 9.64 Å². The lowest BCUT2D eigenvalue weighted by molar-refractivity contribution is 0.0710. The van der Waals surface area contributed by atoms with Crippen LogP contribution in [0.25, 0.3) is 0 Å². The molecule has 0 N–H and O–H groups in total. The fourth-order valence-corrected chi connectivity index (χ4v) is 3.44. The molecule has 8 heteroatoms. The van der Waals surface area contributed by atoms with Crippen LogP contribution in [0.5, 0.6) is 0 Å². The second-order valence-corrected chi connectivity index (χ2v) is 7.49. The van der Waals surface area contributed by atoms with Gasteiger partial charge in [-0.25, -0.2) is 12.8 Å². The molecule has 1 unspecified atom stereocenters. The van der Waals surface area contributed by atoms with Crippen LogP contribution in [0.15, 0.2) is 17.0 Å². The Morgan fingerprint density at radius 3 is 2.67 bits per heavy atom. The minimum absolute atomic E-state index is 0.0493. The predicted octanol–water partition coefficient (Wildman–Crippen LogP) is 1.92. The van der Waals surface area contributed by atoms with Crippen molar-refractivity contribution in [2.75, 3.05) is 20.3 Å². The van der Waals surface area contributed by atoms with Gasteiger partial charge >= 0.3 is 0 Å². The fourth-order valence-electron chi connectivity index (χ4n) is 2.23. The second-order valence-electron chi connectivity index (χ2n) is 4.95. The summed E-state index contributed by atoms with van der Waals surface area (Å²) >= 11 is 0. The van der Waals surface area contributed by atoms with E-state index in [1.165, 1.54) is 11.8 Å². The summed E-state index contributed by atoms with van der Waals surface area (Å²) in [5, 5.41) is 0. The van der Waals surface area contributed by atoms with E-state index in [9.17, 15) is 17.6 Å². The average molecular weight is 336 g/mol. The summed E-state index contributed by atoms with van der Waals surface area (Å²) in [4.78, 5) is 13.4. The van der Waals surface area contributed by atoms with Gasteiger partial charge in [-0.2, -0.15) is 0 Å². The van der Waals surface area contributed by atoms with Crippen molar-refractivity contribution in [2.24, 2.45) is 0 Å². The van der Waals surface area contributed by atoms with Crippen LogP contribution in [-0.4, -0.2) is 45.5 Å². The molecule has 0 aliphatic carbocycles. The van der Waals surface area contributed by atoms with Crippen LogP contribution < -0.4 is 0 Å². The smallest absolute Gasteiger partial charge is 0.261 e. The van der Waals surface area contributed by atoms with Gasteiger partial charge in [0.2, 0.25) is 0 Å². The van der Waals surface area contributed by atoms with Gasteiger partial charge in [0.25, 0.3) is 15.0 Å². The molecule has 1 amide bonds. The first-order valence-corrected chi connectivity index (χ1v) is 8.62. The minimum atomic E-state index is -4.12. The van der Waals surface area contributed by atoms with Crippen molar-refractivity contribution in [2.45, 2.75) is 24.3 Å². The number of carbonyl (C=O) groups is 1. The number of nitrogens with zero attached hydrogens (tertiary/aromatic N) is 1. The molecular weight excluding hydrogens is 321 g/mol. The summed E-state index contributed by atoms with van der Waals surface area (Å²) in [5.74, 6) is -1.25. The first-order chi connectivity index (χ1) is 9.71. The summed E-state index contributed by atoms with van der Waals surface area (Å²) in [5.41, 5.74) is -0.153. The molecule has 2 rings (SSSR count). The van der Waals surface area contributed by atoms with E-state index in [1.54, 1.807) is 7.05 Å². The van der Waals surface area contributed by atoms with Gasteiger partial charge in [-0.1, -0.05) is 0 Å². The molecule has 1 fully saturated rings. The Bertz CT molecular complexity index is 671. The van der Waals surface area contributed by atoms with Crippen molar-refractivity contribution in [1.82, 2.24) is 4.90 Å². The van der Waals surface area contributed by atoms with E-state index in [0.717, 1.165) is 12.1 Å². The quantitative estimate of drug-likeness (QED) is 0.792. The summed E-state index contributed by atoms with van der Waals surface area (Å²) in [6, 6.07) is 2.03. The zero-order valence-corrected chi connectivity index (χ0v) is 13.2. The molecule has 1 atom stereocenters. The van der Waals surface area contributed by atoms with Gasteiger partial charge in [0.05, 0.1) is 17.5 Å². The highest BCUT2D eigenvalue weighted by molar-refractivity contribution is 8.13. The summed E-state index contributed by atoms with van der Waals surface area (Å²) in [6.07, 6.45) is 0.692. The lowest BCUT2D eigenvalue weighted by Gasteiger charge is -2.23. The predicted molar refractivity (Wildman–Crippen MR) is 75.5 cm³/mol. The molecule has 1 aromatic carbocycles. The Kier molecular flexibility index (Phi) is 4.55. The van der Waals surface area contributed by atoms with Gasteiger partial charge in [0.15, 0.2) is 0 Å². The summed E-state index contributed by atoms with van der Waals surface area (Å²) in [7, 11) is 2.74. The van der Waals surface area contributed by atoms with Crippen LogP contribution in [0, 0.1) is 12.7 Å². The van der Waals surface area contributed by atoms with Gasteiger partial charge in [0.1, 0.15) is 5.82 Å². The molecule has 0 aromatic heterocycles. The number of hydrogen-bond acceptors (Lipinski definition) is 4. The molecular formula is C13H15ClFNO4S. The third kappa shape index (κ3) is 3.36. The SMILES string of the molecule is Cc1c(F)cc(C(=O)N(C)C2CCOC2)cc1S(=O)(=O)Cl. The van der Waals surface area contributed by atoms with Gasteiger partial charge in [-0.05, 0) is 25.5 Å². The van der Waals surface area contributed by atoms with Crippen molar-refractivity contribution in [3.63, 3.8) is 0 Å². The number of benzene rings is 1. The maximum absolute atomic E-state index is 13.9. The van der Waals surface area contributed by atoms with Crippen molar-refractivity contribution in [3.05, 3.63) is 29.1 Å². The Balaban J connectivity index is 2.40. The maximum atomic E-state index is 13.9. The normalized spacial score (nSPS) is 18.8. The Morgan fingerprint density at radius 1 is 1.48 bits per heavy atom. The zero-order chi connectivity index (χ0) is 15.8. The summed E-state index contributed by atoms with van der Waals surface area (Å²) in [6.45, 7) is 2.27. The number of carbonyl (C=O) groups excluding carboxylic acids is 1. The summed E-state index contributed by atoms with van der Waals surface area (Å²) < 4.78 is 42.0. The van der Waals surface area contributed by atoms with Crippen molar-refractivity contribution >= 4 is 25.6 Å². The fraction of sp³-hybridized carbons (Fsp3) is 0.462. The van der Waals surface area contributed by atoms with Crippen LogP contribution in [0.3, 0.4) is 0 Å². The maximum Gasteiger partial charge on any atom is 0.261 e. The number of hydrogen-bond donors (Lipinski definition) is 0. The van der Waals surface area contributed by atoms with E-state index >= 15 is 0 Å². The van der Waals surface area contributed by atoms with Crippen molar-refractivity contribution in [1.29, 1.82) is 0 Å². The molecule has 1 heterocycles. The first kappa shape index (κ1) is 16.2. The molecule has 0 spiro atoms. The van der Waals surface area contributed by atoms with Crippen LogP contribution in [0.4, 0.5) is 4.39 Å². The number of likely N-dealkylation sites (N-methyl/N-ethyl adjacent to an activating group) is 1. The lowest BCUT2D eigenvalue weighted by atomic mass is 10.1. The van der Waals surface area contributed by atoms with Crippen molar-refractivity contribution < 1.29 is 22.3 Å². The van der Waals surface area contributed by atoms with Gasteiger partial charge in [-0.15, -0.1) is 0 Å². The number of ether oxygens (including phenoxy) is 1. The molecule has 0 saturated carbocycles. The highest BCUT2D eigenvalue weighted by Gasteiger charge is 2.27.